The van der Waals surface area contributed by atoms with Crippen LogP contribution in [0, 0.1) is 0 Å². The molecule has 1 nitrogen and oxygen atoms in total. The zero-order chi connectivity index (χ0) is 46.3. The molecule has 3 aliphatic carbocycles. The maximum atomic E-state index is 7.61. The second kappa shape index (κ2) is 14.5. The minimum atomic E-state index is -0.467. The maximum Gasteiger partial charge on any atom is 0.143 e. The van der Waals surface area contributed by atoms with E-state index in [-0.39, 0.29) is 11.3 Å². The first kappa shape index (κ1) is 39.5. The van der Waals surface area contributed by atoms with Crippen molar-refractivity contribution in [2.45, 2.75) is 30.6 Å². The quantitative estimate of drug-likeness (QED) is 0.157. The number of rotatable bonds is 5. The summed E-state index contributed by atoms with van der Waals surface area (Å²) >= 11 is 0. The van der Waals surface area contributed by atoms with E-state index in [0.717, 1.165) is 33.1 Å². The summed E-state index contributed by atoms with van der Waals surface area (Å²) in [6.45, 7) is 4.73. The van der Waals surface area contributed by atoms with E-state index in [9.17, 15) is 0 Å². The number of para-hydroxylation sites is 1. The molecule has 0 fully saturated rings. The third-order valence-electron chi connectivity index (χ3n) is 16.4. The normalized spacial score (nSPS) is 14.6. The van der Waals surface area contributed by atoms with Crippen molar-refractivity contribution in [3.8, 4) is 55.6 Å². The van der Waals surface area contributed by atoms with Crippen molar-refractivity contribution in [1.29, 1.82) is 0 Å². The predicted molar refractivity (Wildman–Crippen MR) is 290 cm³/mol. The Bertz CT molecular complexity index is 4100. The lowest BCUT2D eigenvalue weighted by Gasteiger charge is -2.31. The lowest BCUT2D eigenvalue weighted by atomic mass is 9.69. The summed E-state index contributed by atoms with van der Waals surface area (Å²) in [4.78, 5) is 0. The molecular weight excluding hydrogens is 845 g/mol. The van der Waals surface area contributed by atoms with Gasteiger partial charge in [-0.05, 0) is 117 Å². The lowest BCUT2D eigenvalue weighted by Crippen LogP contribution is -2.26. The molecule has 1 atom stereocenters. The van der Waals surface area contributed by atoms with Gasteiger partial charge in [-0.3, -0.25) is 0 Å². The summed E-state index contributed by atoms with van der Waals surface area (Å²) in [5.74, 6) is -0.184. The summed E-state index contributed by atoms with van der Waals surface area (Å²) in [5.41, 5.74) is 25.5. The Kier molecular flexibility index (Phi) is 8.18. The molecular formula is C69H46O. The first-order valence-electron chi connectivity index (χ1n) is 24.7. The molecule has 0 amide bonds. The number of fused-ring (bicyclic) bond motifs is 17. The van der Waals surface area contributed by atoms with Gasteiger partial charge in [-0.15, -0.1) is 0 Å². The van der Waals surface area contributed by atoms with Gasteiger partial charge in [0.1, 0.15) is 11.2 Å². The molecule has 0 radical (unpaired) electrons. The molecule has 1 heterocycles. The molecule has 328 valence electrons. The van der Waals surface area contributed by atoms with E-state index in [4.69, 9.17) is 4.42 Å². The van der Waals surface area contributed by atoms with Crippen LogP contribution in [0.2, 0.25) is 0 Å². The van der Waals surface area contributed by atoms with Crippen LogP contribution in [0.3, 0.4) is 0 Å². The van der Waals surface area contributed by atoms with Gasteiger partial charge in [0, 0.05) is 33.2 Å². The fraction of sp³-hybridized carbons (Fsp3) is 0.0725. The Morgan fingerprint density at radius 1 is 0.329 bits per heavy atom. The van der Waals surface area contributed by atoms with Gasteiger partial charge in [0.25, 0.3) is 0 Å². The van der Waals surface area contributed by atoms with Crippen LogP contribution in [0.5, 0.6) is 0 Å². The molecule has 0 saturated heterocycles. The highest BCUT2D eigenvalue weighted by Gasteiger charge is 2.51. The van der Waals surface area contributed by atoms with Crippen molar-refractivity contribution in [3.63, 3.8) is 0 Å². The van der Waals surface area contributed by atoms with Gasteiger partial charge >= 0.3 is 0 Å². The van der Waals surface area contributed by atoms with Crippen molar-refractivity contribution in [2.24, 2.45) is 0 Å². The first-order chi connectivity index (χ1) is 34.5. The number of furan rings is 1. The monoisotopic (exact) mass is 890 g/mol. The van der Waals surface area contributed by atoms with Crippen molar-refractivity contribution in [3.05, 3.63) is 287 Å². The lowest BCUT2D eigenvalue weighted by molar-refractivity contribution is 0.659. The molecule has 0 bridgehead atoms. The van der Waals surface area contributed by atoms with Crippen molar-refractivity contribution in [1.82, 2.24) is 0 Å². The smallest absolute Gasteiger partial charge is 0.143 e. The van der Waals surface area contributed by atoms with Gasteiger partial charge in [-0.2, -0.15) is 0 Å². The highest BCUT2D eigenvalue weighted by molar-refractivity contribution is 6.19. The van der Waals surface area contributed by atoms with Gasteiger partial charge in [0.05, 0.1) is 5.41 Å². The fourth-order valence-electron chi connectivity index (χ4n) is 13.4. The third-order valence-corrected chi connectivity index (χ3v) is 16.4. The summed E-state index contributed by atoms with van der Waals surface area (Å²) in [7, 11) is 0. The zero-order valence-corrected chi connectivity index (χ0v) is 39.0. The molecule has 0 aliphatic heterocycles. The van der Waals surface area contributed by atoms with Crippen LogP contribution in [0.1, 0.15) is 69.8 Å². The second-order valence-corrected chi connectivity index (χ2v) is 20.2. The molecule has 70 heavy (non-hydrogen) atoms. The van der Waals surface area contributed by atoms with Gasteiger partial charge in [-0.1, -0.05) is 238 Å². The van der Waals surface area contributed by atoms with E-state index in [1.165, 1.54) is 105 Å². The second-order valence-electron chi connectivity index (χ2n) is 20.2. The fourth-order valence-corrected chi connectivity index (χ4v) is 13.4. The highest BCUT2D eigenvalue weighted by Crippen LogP contribution is 2.63. The van der Waals surface area contributed by atoms with Crippen LogP contribution < -0.4 is 0 Å². The van der Waals surface area contributed by atoms with Crippen LogP contribution in [-0.4, -0.2) is 0 Å². The summed E-state index contributed by atoms with van der Waals surface area (Å²) in [6.07, 6.45) is 0. The van der Waals surface area contributed by atoms with Crippen LogP contribution in [-0.2, 0) is 10.8 Å². The molecule has 15 rings (SSSR count). The Morgan fingerprint density at radius 2 is 0.857 bits per heavy atom. The molecule has 3 aliphatic rings. The Morgan fingerprint density at radius 3 is 1.57 bits per heavy atom. The van der Waals surface area contributed by atoms with E-state index in [1.54, 1.807) is 0 Å². The zero-order valence-electron chi connectivity index (χ0n) is 39.0. The molecule has 12 aromatic rings. The van der Waals surface area contributed by atoms with Gasteiger partial charge in [0.15, 0.2) is 0 Å². The summed E-state index contributed by atoms with van der Waals surface area (Å²) in [6, 6.07) is 88.7. The van der Waals surface area contributed by atoms with E-state index in [2.05, 4.69) is 250 Å². The predicted octanol–water partition coefficient (Wildman–Crippen LogP) is 17.9. The molecule has 1 heteroatoms. The minimum absolute atomic E-state index is 0.134. The maximum absolute atomic E-state index is 7.61. The third kappa shape index (κ3) is 5.22. The average Bonchev–Trinajstić information content (AvgIpc) is 4.10. The topological polar surface area (TPSA) is 13.1 Å². The van der Waals surface area contributed by atoms with Gasteiger partial charge in [-0.25, -0.2) is 0 Å². The van der Waals surface area contributed by atoms with Gasteiger partial charge < -0.3 is 4.42 Å². The largest absolute Gasteiger partial charge is 0.455 e. The summed E-state index contributed by atoms with van der Waals surface area (Å²) in [5, 5.41) is 4.65. The average molecular weight is 891 g/mol. The standard InChI is InChI=1S/C69H46O/c1-68(2)58-31-14-10-24-48(58)52-37-36-45(40-62(52)68)65-47-23-7-6-21-43(47)39-57-55-29-18-30-56(66(55)70-67(57)65)64(54-28-9-8-22-46(54)42-19-4-3-5-20-42)44-35-38-53-51-27-13-17-34-61(51)69(63(53)41-44)59-32-15-11-25-49(59)50-26-12-16-33-60(50)69/h3-41,64H,1-2H3. The van der Waals surface area contributed by atoms with Crippen LogP contribution >= 0.6 is 0 Å². The van der Waals surface area contributed by atoms with Crippen molar-refractivity contribution in [2.75, 3.05) is 0 Å². The van der Waals surface area contributed by atoms with Crippen molar-refractivity contribution >= 4 is 32.7 Å². The highest BCUT2D eigenvalue weighted by atomic mass is 16.3. The Labute approximate surface area is 408 Å². The molecule has 11 aromatic carbocycles. The van der Waals surface area contributed by atoms with Crippen LogP contribution in [0.4, 0.5) is 0 Å². The number of hydrogen-bond donors (Lipinski definition) is 0. The molecule has 0 saturated carbocycles. The van der Waals surface area contributed by atoms with E-state index in [1.807, 2.05) is 0 Å². The van der Waals surface area contributed by atoms with Crippen LogP contribution in [0.15, 0.2) is 241 Å². The first-order valence-corrected chi connectivity index (χ1v) is 24.7. The molecule has 1 spiro atoms. The van der Waals surface area contributed by atoms with Crippen molar-refractivity contribution < 1.29 is 4.42 Å². The number of hydrogen-bond acceptors (Lipinski definition) is 1. The van der Waals surface area contributed by atoms with E-state index < -0.39 is 5.41 Å². The van der Waals surface area contributed by atoms with Crippen LogP contribution in [0.25, 0.3) is 88.3 Å². The molecule has 1 aromatic heterocycles. The number of benzene rings is 11. The van der Waals surface area contributed by atoms with E-state index >= 15 is 0 Å². The molecule has 1 unspecified atom stereocenters. The van der Waals surface area contributed by atoms with E-state index in [0.29, 0.717) is 0 Å². The Hall–Kier alpha value is -8.52. The SMILES string of the molecule is CC1(C)c2ccccc2-c2ccc(-c3c4ccccc4cc4c3oc3c(C(c5ccc6c(c5)C5(c7ccccc7-c7ccccc75)c5ccccc5-6)c5ccccc5-c5ccccc5)cccc34)cc21. The molecule has 0 N–H and O–H groups in total. The van der Waals surface area contributed by atoms with Gasteiger partial charge in [0.2, 0.25) is 0 Å². The Balaban J connectivity index is 1.01. The summed E-state index contributed by atoms with van der Waals surface area (Å²) < 4.78 is 7.61. The minimum Gasteiger partial charge on any atom is -0.455 e.